The van der Waals surface area contributed by atoms with Crippen molar-refractivity contribution in [3.8, 4) is 0 Å². The first kappa shape index (κ1) is 21.0. The molecule has 0 bridgehead atoms. The van der Waals surface area contributed by atoms with Crippen molar-refractivity contribution >= 4 is 39.1 Å². The van der Waals surface area contributed by atoms with Gasteiger partial charge in [-0.15, -0.1) is 0 Å². The van der Waals surface area contributed by atoms with Crippen molar-refractivity contribution in [2.45, 2.75) is 51.6 Å². The number of carbonyl (C=O) groups excluding carboxylic acids is 1. The summed E-state index contributed by atoms with van der Waals surface area (Å²) in [7, 11) is 0. The second-order valence-electron chi connectivity index (χ2n) is 9.61. The minimum absolute atomic E-state index is 0.0853. The highest BCUT2D eigenvalue weighted by atomic mass is 16.1. The average molecular weight is 450 g/mol. The Morgan fingerprint density at radius 2 is 1.88 bits per heavy atom. The minimum atomic E-state index is 0.0853. The van der Waals surface area contributed by atoms with Crippen LogP contribution in [0, 0.1) is 5.92 Å². The van der Waals surface area contributed by atoms with E-state index in [-0.39, 0.29) is 11.9 Å². The van der Waals surface area contributed by atoms with Gasteiger partial charge < -0.3 is 15.2 Å². The lowest BCUT2D eigenvalue weighted by atomic mass is 9.76. The number of fused-ring (bicyclic) bond motifs is 6. The van der Waals surface area contributed by atoms with Gasteiger partial charge in [0.15, 0.2) is 0 Å². The molecule has 4 nitrogen and oxygen atoms in total. The van der Waals surface area contributed by atoms with Crippen LogP contribution in [0.3, 0.4) is 0 Å². The van der Waals surface area contributed by atoms with Gasteiger partial charge in [0.2, 0.25) is 5.91 Å². The predicted octanol–water partition coefficient (Wildman–Crippen LogP) is 7.38. The van der Waals surface area contributed by atoms with Crippen molar-refractivity contribution in [3.63, 3.8) is 0 Å². The Balaban J connectivity index is 1.39. The first-order valence-electron chi connectivity index (χ1n) is 12.6. The van der Waals surface area contributed by atoms with Gasteiger partial charge in [-0.3, -0.25) is 4.79 Å². The summed E-state index contributed by atoms with van der Waals surface area (Å²) in [5, 5.41) is 9.59. The Bertz CT molecular complexity index is 1430. The highest BCUT2D eigenvalue weighted by molar-refractivity contribution is 6.08. The largest absolute Gasteiger partial charge is 0.378 e. The summed E-state index contributed by atoms with van der Waals surface area (Å²) >= 11 is 0. The molecule has 0 spiro atoms. The summed E-state index contributed by atoms with van der Waals surface area (Å²) in [5.41, 5.74) is 7.30. The number of carbonyl (C=O) groups is 1. The molecule has 2 heterocycles. The van der Waals surface area contributed by atoms with Gasteiger partial charge in [0.1, 0.15) is 0 Å². The molecule has 172 valence electrons. The van der Waals surface area contributed by atoms with Gasteiger partial charge in [-0.05, 0) is 73.2 Å². The van der Waals surface area contributed by atoms with Gasteiger partial charge in [-0.2, -0.15) is 0 Å². The third kappa shape index (κ3) is 3.32. The Morgan fingerprint density at radius 3 is 2.74 bits per heavy atom. The third-order valence-electron chi connectivity index (χ3n) is 7.60. The number of nitrogens with one attached hydrogen (secondary N) is 2. The molecule has 6 rings (SSSR count). The molecule has 1 aromatic heterocycles. The second kappa shape index (κ2) is 8.35. The monoisotopic (exact) mass is 449 g/mol. The van der Waals surface area contributed by atoms with Crippen LogP contribution in [-0.2, 0) is 11.3 Å². The van der Waals surface area contributed by atoms with Gasteiger partial charge in [0.05, 0.1) is 6.04 Å². The van der Waals surface area contributed by atoms with E-state index >= 15 is 0 Å². The number of hydrogen-bond acceptors (Lipinski definition) is 2. The highest BCUT2D eigenvalue weighted by Gasteiger charge is 2.38. The topological polar surface area (TPSA) is 46.1 Å². The number of para-hydroxylation sites is 1. The summed E-state index contributed by atoms with van der Waals surface area (Å²) in [6, 6.07) is 22.3. The normalized spacial score (nSPS) is 20.8. The second-order valence-corrected chi connectivity index (χ2v) is 9.61. The number of hydrogen-bond donors (Lipinski definition) is 2. The number of allylic oxidation sites excluding steroid dienone is 2. The number of rotatable bonds is 5. The molecule has 1 amide bonds. The van der Waals surface area contributed by atoms with Crippen LogP contribution >= 0.6 is 0 Å². The molecule has 4 aromatic rings. The van der Waals surface area contributed by atoms with E-state index < -0.39 is 0 Å². The lowest BCUT2D eigenvalue weighted by Crippen LogP contribution is -2.29. The van der Waals surface area contributed by atoms with Gasteiger partial charge in [0.25, 0.3) is 0 Å². The van der Waals surface area contributed by atoms with E-state index in [4.69, 9.17) is 0 Å². The van der Waals surface area contributed by atoms with E-state index in [1.165, 1.54) is 38.6 Å². The molecule has 2 aliphatic rings. The number of aryl methyl sites for hydroxylation is 1. The molecule has 0 radical (unpaired) electrons. The molecule has 34 heavy (non-hydrogen) atoms. The van der Waals surface area contributed by atoms with Crippen LogP contribution in [0.2, 0.25) is 0 Å². The van der Waals surface area contributed by atoms with Crippen LogP contribution in [0.25, 0.3) is 21.8 Å². The zero-order valence-corrected chi connectivity index (χ0v) is 19.8. The summed E-state index contributed by atoms with van der Waals surface area (Å²) in [5.74, 6) is 0.908. The molecule has 4 heteroatoms. The summed E-state index contributed by atoms with van der Waals surface area (Å²) in [6.45, 7) is 5.21. The molecule has 3 unspecified atom stereocenters. The maximum Gasteiger partial charge on any atom is 0.224 e. The van der Waals surface area contributed by atoms with Crippen molar-refractivity contribution in [2.24, 2.45) is 5.92 Å². The van der Waals surface area contributed by atoms with Gasteiger partial charge >= 0.3 is 0 Å². The number of amides is 1. The summed E-state index contributed by atoms with van der Waals surface area (Å²) in [4.78, 5) is 12.1. The van der Waals surface area contributed by atoms with Crippen molar-refractivity contribution in [1.29, 1.82) is 0 Å². The van der Waals surface area contributed by atoms with Gasteiger partial charge in [-0.1, -0.05) is 43.3 Å². The predicted molar refractivity (Wildman–Crippen MR) is 141 cm³/mol. The number of anilines is 2. The van der Waals surface area contributed by atoms with Crippen molar-refractivity contribution in [3.05, 3.63) is 83.9 Å². The fourth-order valence-electron chi connectivity index (χ4n) is 6.06. The van der Waals surface area contributed by atoms with Crippen LogP contribution in [0.15, 0.2) is 72.8 Å². The minimum Gasteiger partial charge on any atom is -0.378 e. The molecule has 3 atom stereocenters. The molecular formula is C30H31N3O. The number of benzene rings is 3. The Morgan fingerprint density at radius 1 is 1.03 bits per heavy atom. The molecule has 0 fully saturated rings. The maximum atomic E-state index is 12.1. The first-order valence-corrected chi connectivity index (χ1v) is 12.6. The van der Waals surface area contributed by atoms with Crippen LogP contribution in [0.5, 0.6) is 0 Å². The van der Waals surface area contributed by atoms with Crippen LogP contribution in [-0.4, -0.2) is 10.5 Å². The molecule has 2 N–H and O–H groups in total. The Kier molecular flexibility index (Phi) is 5.17. The van der Waals surface area contributed by atoms with Crippen molar-refractivity contribution in [1.82, 2.24) is 4.57 Å². The van der Waals surface area contributed by atoms with E-state index in [0.29, 0.717) is 18.3 Å². The summed E-state index contributed by atoms with van der Waals surface area (Å²) < 4.78 is 2.41. The van der Waals surface area contributed by atoms with E-state index in [2.05, 4.69) is 88.9 Å². The average Bonchev–Trinajstić information content (AvgIpc) is 3.47. The third-order valence-corrected chi connectivity index (χ3v) is 7.60. The van der Waals surface area contributed by atoms with Crippen molar-refractivity contribution < 1.29 is 4.79 Å². The van der Waals surface area contributed by atoms with Crippen LogP contribution in [0.4, 0.5) is 11.4 Å². The SMILES string of the molecule is CCCC(=O)Nc1ccc2c(c1)C1C=CCC1C(c1ccc3c(c1)c1ccccc1n3CC)N2. The van der Waals surface area contributed by atoms with Crippen LogP contribution in [0.1, 0.15) is 56.2 Å². The quantitative estimate of drug-likeness (QED) is 0.312. The van der Waals surface area contributed by atoms with E-state index in [0.717, 1.165) is 25.1 Å². The lowest BCUT2D eigenvalue weighted by Gasteiger charge is -2.38. The maximum absolute atomic E-state index is 12.1. The van der Waals surface area contributed by atoms with Gasteiger partial charge in [-0.25, -0.2) is 0 Å². The fourth-order valence-corrected chi connectivity index (χ4v) is 6.06. The standard InChI is InChI=1S/C30H31N3O/c1-3-8-29(34)31-20-14-15-26-24(18-20)21-10-7-11-23(21)30(32-26)19-13-16-28-25(17-19)22-9-5-6-12-27(22)33(28)4-2/h5-7,9-10,12-18,21,23,30,32H,3-4,8,11H2,1-2H3,(H,31,34). The number of nitrogens with zero attached hydrogens (tertiary/aromatic N) is 1. The smallest absolute Gasteiger partial charge is 0.224 e. The molecule has 3 aromatic carbocycles. The van der Waals surface area contributed by atoms with Gasteiger partial charge in [0, 0.05) is 52.1 Å². The molecule has 1 aliphatic heterocycles. The van der Waals surface area contributed by atoms with E-state index in [1.807, 2.05) is 13.0 Å². The highest BCUT2D eigenvalue weighted by Crippen LogP contribution is 2.50. The summed E-state index contributed by atoms with van der Waals surface area (Å²) in [6.07, 6.45) is 7.15. The molecule has 1 aliphatic carbocycles. The zero-order valence-electron chi connectivity index (χ0n) is 19.8. The number of aromatic nitrogens is 1. The van der Waals surface area contributed by atoms with Crippen molar-refractivity contribution in [2.75, 3.05) is 10.6 Å². The lowest BCUT2D eigenvalue weighted by molar-refractivity contribution is -0.116. The zero-order chi connectivity index (χ0) is 23.2. The molecular weight excluding hydrogens is 418 g/mol. The Hall–Kier alpha value is -3.53. The van der Waals surface area contributed by atoms with Crippen LogP contribution < -0.4 is 10.6 Å². The molecule has 0 saturated heterocycles. The Labute approximate surface area is 200 Å². The molecule has 0 saturated carbocycles. The van der Waals surface area contributed by atoms with E-state index in [9.17, 15) is 4.79 Å². The fraction of sp³-hybridized carbons (Fsp3) is 0.300. The van der Waals surface area contributed by atoms with E-state index in [1.54, 1.807) is 0 Å². The first-order chi connectivity index (χ1) is 16.7.